The van der Waals surface area contributed by atoms with Crippen LogP contribution < -0.4 is 19.5 Å². The molecule has 0 saturated carbocycles. The Morgan fingerprint density at radius 1 is 0.769 bits per heavy atom. The van der Waals surface area contributed by atoms with Gasteiger partial charge in [-0.15, -0.1) is 0 Å². The van der Waals surface area contributed by atoms with E-state index >= 15 is 0 Å². The minimum absolute atomic E-state index is 0.554. The number of methoxy groups -OCH3 is 1. The third kappa shape index (κ3) is 8.45. The van der Waals surface area contributed by atoms with Gasteiger partial charge in [-0.25, -0.2) is 9.97 Å². The van der Waals surface area contributed by atoms with Crippen molar-refractivity contribution in [3.63, 3.8) is 0 Å². The zero-order valence-corrected chi connectivity index (χ0v) is 23.3. The predicted molar refractivity (Wildman–Crippen MR) is 157 cm³/mol. The van der Waals surface area contributed by atoms with Gasteiger partial charge in [0.25, 0.3) is 0 Å². The lowest BCUT2D eigenvalue weighted by atomic mass is 10.1. The molecule has 0 radical (unpaired) electrons. The Labute approximate surface area is 231 Å². The van der Waals surface area contributed by atoms with Crippen molar-refractivity contribution in [2.24, 2.45) is 0 Å². The number of ether oxygens (including phenoxy) is 3. The second-order valence-corrected chi connectivity index (χ2v) is 9.22. The van der Waals surface area contributed by atoms with Gasteiger partial charge in [0.1, 0.15) is 23.9 Å². The van der Waals surface area contributed by atoms with Crippen LogP contribution in [0.1, 0.15) is 25.1 Å². The minimum Gasteiger partial charge on any atom is -0.497 e. The summed E-state index contributed by atoms with van der Waals surface area (Å²) in [5.41, 5.74) is 4.82. The van der Waals surface area contributed by atoms with E-state index in [1.807, 2.05) is 79.7 Å². The van der Waals surface area contributed by atoms with Crippen molar-refractivity contribution in [1.82, 2.24) is 14.9 Å². The number of rotatable bonds is 14. The monoisotopic (exact) mass is 526 g/mol. The van der Waals surface area contributed by atoms with Crippen LogP contribution in [0.25, 0.3) is 11.3 Å². The number of hydrogen-bond acceptors (Lipinski definition) is 7. The van der Waals surface area contributed by atoms with Crippen molar-refractivity contribution in [2.45, 2.75) is 27.2 Å². The molecule has 4 aromatic rings. The molecule has 0 aliphatic carbocycles. The first-order chi connectivity index (χ1) is 19.1. The lowest BCUT2D eigenvalue weighted by Crippen LogP contribution is -2.27. The van der Waals surface area contributed by atoms with Gasteiger partial charge in [-0.3, -0.25) is 0 Å². The third-order valence-corrected chi connectivity index (χ3v) is 6.48. The van der Waals surface area contributed by atoms with Gasteiger partial charge >= 0.3 is 0 Å². The highest BCUT2D eigenvalue weighted by atomic mass is 16.5. The van der Waals surface area contributed by atoms with Gasteiger partial charge < -0.3 is 24.4 Å². The van der Waals surface area contributed by atoms with Crippen molar-refractivity contribution in [3.05, 3.63) is 90.1 Å². The molecule has 0 aliphatic rings. The summed E-state index contributed by atoms with van der Waals surface area (Å²) < 4.78 is 17.1. The van der Waals surface area contributed by atoms with E-state index in [0.717, 1.165) is 65.9 Å². The molecule has 4 rings (SSSR count). The summed E-state index contributed by atoms with van der Waals surface area (Å²) in [6.45, 7) is 10.5. The number of hydrogen-bond donors (Lipinski definition) is 1. The molecule has 0 bridgehead atoms. The molecule has 0 amide bonds. The number of nitrogens with zero attached hydrogens (tertiary/aromatic N) is 3. The van der Waals surface area contributed by atoms with E-state index in [2.05, 4.69) is 35.1 Å². The van der Waals surface area contributed by atoms with E-state index in [0.29, 0.717) is 19.2 Å². The van der Waals surface area contributed by atoms with E-state index in [9.17, 15) is 0 Å². The van der Waals surface area contributed by atoms with Crippen LogP contribution in [-0.2, 0) is 6.42 Å². The van der Waals surface area contributed by atoms with Crippen LogP contribution in [0.15, 0.2) is 78.9 Å². The van der Waals surface area contributed by atoms with Crippen LogP contribution >= 0.6 is 0 Å². The molecule has 0 fully saturated rings. The largest absolute Gasteiger partial charge is 0.497 e. The fraction of sp³-hybridized carbons (Fsp3) is 0.312. The van der Waals surface area contributed by atoms with Gasteiger partial charge in [0.15, 0.2) is 0 Å². The summed E-state index contributed by atoms with van der Waals surface area (Å²) in [7, 11) is 1.68. The number of aryl methyl sites for hydroxylation is 1. The van der Waals surface area contributed by atoms with Gasteiger partial charge in [0, 0.05) is 29.9 Å². The van der Waals surface area contributed by atoms with Gasteiger partial charge in [-0.1, -0.05) is 26.0 Å². The molecule has 39 heavy (non-hydrogen) atoms. The maximum Gasteiger partial charge on any atom is 0.227 e. The second kappa shape index (κ2) is 14.2. The molecule has 3 aromatic carbocycles. The van der Waals surface area contributed by atoms with Crippen LogP contribution in [0.5, 0.6) is 17.2 Å². The second-order valence-electron chi connectivity index (χ2n) is 9.22. The zero-order valence-electron chi connectivity index (χ0n) is 23.3. The maximum atomic E-state index is 5.96. The van der Waals surface area contributed by atoms with Gasteiger partial charge in [0.05, 0.1) is 19.4 Å². The molecular weight excluding hydrogens is 488 g/mol. The summed E-state index contributed by atoms with van der Waals surface area (Å²) in [6.07, 6.45) is 0.808. The topological polar surface area (TPSA) is 68.7 Å². The Kier molecular flexibility index (Phi) is 10.1. The molecule has 1 heterocycles. The molecule has 1 aromatic heterocycles. The third-order valence-electron chi connectivity index (χ3n) is 6.48. The summed E-state index contributed by atoms with van der Waals surface area (Å²) in [5.74, 6) is 3.09. The van der Waals surface area contributed by atoms with Crippen molar-refractivity contribution in [1.29, 1.82) is 0 Å². The number of aromatic nitrogens is 2. The van der Waals surface area contributed by atoms with Crippen molar-refractivity contribution < 1.29 is 14.2 Å². The van der Waals surface area contributed by atoms with Crippen molar-refractivity contribution in [3.8, 4) is 28.5 Å². The van der Waals surface area contributed by atoms with E-state index in [1.54, 1.807) is 7.11 Å². The SMILES string of the molecule is CCN(CC)CCOc1ccc(Nc2nc(C)cc(-c3ccc(OCCc4cccc(OC)c4)cc3)n2)cc1. The molecule has 1 N–H and O–H groups in total. The number of benzene rings is 3. The number of anilines is 2. The standard InChI is InChI=1S/C32H38N4O3/c1-5-36(6-2)19-21-39-29-16-12-27(13-17-29)34-32-33-24(3)22-31(35-32)26-10-14-28(15-11-26)38-20-18-25-8-7-9-30(23-25)37-4/h7-17,22-23H,5-6,18-21H2,1-4H3,(H,33,34,35). The summed E-state index contributed by atoms with van der Waals surface area (Å²) in [4.78, 5) is 11.7. The van der Waals surface area contributed by atoms with Crippen LogP contribution in [0, 0.1) is 6.92 Å². The minimum atomic E-state index is 0.554. The first-order valence-electron chi connectivity index (χ1n) is 13.5. The summed E-state index contributed by atoms with van der Waals surface area (Å²) in [6, 6.07) is 25.9. The molecular formula is C32H38N4O3. The average Bonchev–Trinajstić information content (AvgIpc) is 2.96. The molecule has 0 saturated heterocycles. The molecule has 7 heteroatoms. The highest BCUT2D eigenvalue weighted by Crippen LogP contribution is 2.24. The van der Waals surface area contributed by atoms with Gasteiger partial charge in [-0.05, 0) is 92.3 Å². The Morgan fingerprint density at radius 3 is 2.15 bits per heavy atom. The van der Waals surface area contributed by atoms with Crippen LogP contribution in [0.4, 0.5) is 11.6 Å². The molecule has 7 nitrogen and oxygen atoms in total. The average molecular weight is 527 g/mol. The smallest absolute Gasteiger partial charge is 0.227 e. The Bertz CT molecular complexity index is 1310. The number of nitrogens with one attached hydrogen (secondary N) is 1. The Balaban J connectivity index is 1.32. The van der Waals surface area contributed by atoms with Crippen molar-refractivity contribution >= 4 is 11.6 Å². The predicted octanol–water partition coefficient (Wildman–Crippen LogP) is 6.55. The van der Waals surface area contributed by atoms with Crippen LogP contribution in [0.2, 0.25) is 0 Å². The zero-order chi connectivity index (χ0) is 27.5. The van der Waals surface area contributed by atoms with Gasteiger partial charge in [-0.2, -0.15) is 0 Å². The Hall–Kier alpha value is -4.10. The quantitative estimate of drug-likeness (QED) is 0.200. The Morgan fingerprint density at radius 2 is 1.46 bits per heavy atom. The van der Waals surface area contributed by atoms with E-state index in [1.165, 1.54) is 5.56 Å². The van der Waals surface area contributed by atoms with E-state index in [-0.39, 0.29) is 0 Å². The van der Waals surface area contributed by atoms with Crippen LogP contribution in [-0.4, -0.2) is 54.8 Å². The molecule has 0 unspecified atom stereocenters. The van der Waals surface area contributed by atoms with E-state index < -0.39 is 0 Å². The normalized spacial score (nSPS) is 10.9. The maximum absolute atomic E-state index is 5.96. The summed E-state index contributed by atoms with van der Waals surface area (Å²) >= 11 is 0. The molecule has 0 aliphatic heterocycles. The fourth-order valence-corrected chi connectivity index (χ4v) is 4.20. The first-order valence-corrected chi connectivity index (χ1v) is 13.5. The number of likely N-dealkylation sites (N-methyl/N-ethyl adjacent to an activating group) is 1. The fourth-order valence-electron chi connectivity index (χ4n) is 4.20. The first kappa shape index (κ1) is 27.9. The summed E-state index contributed by atoms with van der Waals surface area (Å²) in [5, 5.41) is 3.32. The highest BCUT2D eigenvalue weighted by Gasteiger charge is 2.07. The lowest BCUT2D eigenvalue weighted by molar-refractivity contribution is 0.223. The highest BCUT2D eigenvalue weighted by molar-refractivity contribution is 5.63. The molecule has 204 valence electrons. The molecule has 0 spiro atoms. The lowest BCUT2D eigenvalue weighted by Gasteiger charge is -2.18. The van der Waals surface area contributed by atoms with Gasteiger partial charge in [0.2, 0.25) is 5.95 Å². The van der Waals surface area contributed by atoms with Crippen molar-refractivity contribution in [2.75, 3.05) is 45.3 Å². The van der Waals surface area contributed by atoms with Crippen LogP contribution in [0.3, 0.4) is 0 Å². The molecule has 0 atom stereocenters. The van der Waals surface area contributed by atoms with E-state index in [4.69, 9.17) is 19.2 Å².